The third-order valence-electron chi connectivity index (χ3n) is 1.56. The Labute approximate surface area is 77.5 Å². The molecule has 0 aromatic carbocycles. The van der Waals surface area contributed by atoms with Crippen LogP contribution < -0.4 is 5.32 Å². The van der Waals surface area contributed by atoms with Gasteiger partial charge in [-0.2, -0.15) is 0 Å². The fourth-order valence-electron chi connectivity index (χ4n) is 0.780. The summed E-state index contributed by atoms with van der Waals surface area (Å²) in [4.78, 5) is 15.2. The lowest BCUT2D eigenvalue weighted by atomic mass is 10.3. The molecule has 0 radical (unpaired) electrons. The van der Waals surface area contributed by atoms with E-state index in [0.29, 0.717) is 11.3 Å². The van der Waals surface area contributed by atoms with E-state index in [1.807, 2.05) is 19.1 Å². The van der Waals surface area contributed by atoms with Crippen molar-refractivity contribution in [1.29, 1.82) is 0 Å². The first-order valence-electron chi connectivity index (χ1n) is 3.99. The van der Waals surface area contributed by atoms with Crippen LogP contribution in [0.15, 0.2) is 30.5 Å². The van der Waals surface area contributed by atoms with E-state index in [-0.39, 0.29) is 5.91 Å². The number of amides is 1. The molecule has 13 heavy (non-hydrogen) atoms. The zero-order valence-corrected chi connectivity index (χ0v) is 7.79. The Balaban J connectivity index is 2.70. The normalized spacial score (nSPS) is 9.38. The molecule has 0 saturated heterocycles. The largest absolute Gasteiger partial charge is 0.321 e. The highest BCUT2D eigenvalue weighted by Gasteiger charge is 2.01. The molecule has 0 spiro atoms. The van der Waals surface area contributed by atoms with Gasteiger partial charge in [0.2, 0.25) is 0 Å². The second kappa shape index (κ2) is 3.85. The van der Waals surface area contributed by atoms with Gasteiger partial charge in [0.15, 0.2) is 0 Å². The van der Waals surface area contributed by atoms with Gasteiger partial charge in [0.25, 0.3) is 5.91 Å². The number of carbonyl (C=O) groups excluding carboxylic acids is 1. The van der Waals surface area contributed by atoms with E-state index in [1.165, 1.54) is 0 Å². The number of hydrogen-bond donors (Lipinski definition) is 1. The maximum Gasteiger partial charge on any atom is 0.250 e. The molecule has 1 rings (SSSR count). The summed E-state index contributed by atoms with van der Waals surface area (Å²) in [6.07, 6.45) is 1.62. The lowest BCUT2D eigenvalue weighted by molar-refractivity contribution is -0.112. The van der Waals surface area contributed by atoms with Crippen molar-refractivity contribution in [2.75, 3.05) is 5.32 Å². The van der Waals surface area contributed by atoms with Crippen LogP contribution in [0.5, 0.6) is 0 Å². The van der Waals surface area contributed by atoms with Gasteiger partial charge in [-0.3, -0.25) is 9.78 Å². The summed E-state index contributed by atoms with van der Waals surface area (Å²) in [5, 5.41) is 2.67. The summed E-state index contributed by atoms with van der Waals surface area (Å²) in [5.41, 5.74) is 2.10. The maximum atomic E-state index is 11.2. The number of aryl methyl sites for hydroxylation is 1. The fraction of sp³-hybridized carbons (Fsp3) is 0.200. The van der Waals surface area contributed by atoms with E-state index < -0.39 is 0 Å². The monoisotopic (exact) mass is 176 g/mol. The topological polar surface area (TPSA) is 42.0 Å². The Morgan fingerprint density at radius 2 is 2.23 bits per heavy atom. The van der Waals surface area contributed by atoms with Crippen molar-refractivity contribution in [1.82, 2.24) is 4.98 Å². The quantitative estimate of drug-likeness (QED) is 0.699. The first kappa shape index (κ1) is 9.45. The van der Waals surface area contributed by atoms with E-state index in [1.54, 1.807) is 13.1 Å². The van der Waals surface area contributed by atoms with Gasteiger partial charge in [-0.05, 0) is 26.0 Å². The predicted octanol–water partition coefficient (Wildman–Crippen LogP) is 1.90. The SMILES string of the molecule is C=C(C)C(=O)Nc1ccc(C)nc1. The smallest absolute Gasteiger partial charge is 0.250 e. The average molecular weight is 176 g/mol. The number of rotatable bonds is 2. The number of aromatic nitrogens is 1. The second-order valence-electron chi connectivity index (χ2n) is 2.92. The molecule has 1 aromatic rings. The Bertz CT molecular complexity index is 327. The van der Waals surface area contributed by atoms with Crippen LogP contribution in [0, 0.1) is 6.92 Å². The van der Waals surface area contributed by atoms with Crippen molar-refractivity contribution < 1.29 is 4.79 Å². The number of nitrogens with one attached hydrogen (secondary N) is 1. The van der Waals surface area contributed by atoms with E-state index in [0.717, 1.165) is 5.69 Å². The Hall–Kier alpha value is -1.64. The Morgan fingerprint density at radius 1 is 1.54 bits per heavy atom. The first-order chi connectivity index (χ1) is 6.09. The minimum Gasteiger partial charge on any atom is -0.321 e. The minimum absolute atomic E-state index is 0.175. The summed E-state index contributed by atoms with van der Waals surface area (Å²) in [5.74, 6) is -0.175. The van der Waals surface area contributed by atoms with Crippen molar-refractivity contribution in [3.63, 3.8) is 0 Å². The third kappa shape index (κ3) is 2.71. The summed E-state index contributed by atoms with van der Waals surface area (Å²) in [6, 6.07) is 3.65. The number of anilines is 1. The highest BCUT2D eigenvalue weighted by Crippen LogP contribution is 2.06. The molecular formula is C10H12N2O. The van der Waals surface area contributed by atoms with E-state index in [2.05, 4.69) is 16.9 Å². The van der Waals surface area contributed by atoms with Crippen molar-refractivity contribution >= 4 is 11.6 Å². The Morgan fingerprint density at radius 3 is 2.69 bits per heavy atom. The maximum absolute atomic E-state index is 11.2. The lowest BCUT2D eigenvalue weighted by Gasteiger charge is -2.03. The zero-order valence-electron chi connectivity index (χ0n) is 7.79. The van der Waals surface area contributed by atoms with Crippen LogP contribution in [0.4, 0.5) is 5.69 Å². The number of hydrogen-bond acceptors (Lipinski definition) is 2. The highest BCUT2D eigenvalue weighted by molar-refractivity contribution is 6.02. The first-order valence-corrected chi connectivity index (χ1v) is 3.99. The molecule has 0 unspecified atom stereocenters. The van der Waals surface area contributed by atoms with Gasteiger partial charge in [0.05, 0.1) is 11.9 Å². The van der Waals surface area contributed by atoms with Gasteiger partial charge in [-0.25, -0.2) is 0 Å². The molecule has 68 valence electrons. The fourth-order valence-corrected chi connectivity index (χ4v) is 0.780. The molecule has 3 nitrogen and oxygen atoms in total. The summed E-state index contributed by atoms with van der Waals surface area (Å²) >= 11 is 0. The van der Waals surface area contributed by atoms with E-state index in [4.69, 9.17) is 0 Å². The zero-order chi connectivity index (χ0) is 9.84. The molecule has 1 N–H and O–H groups in total. The van der Waals surface area contributed by atoms with Gasteiger partial charge in [-0.15, -0.1) is 0 Å². The van der Waals surface area contributed by atoms with Crippen molar-refractivity contribution in [3.8, 4) is 0 Å². The summed E-state index contributed by atoms with van der Waals surface area (Å²) in [6.45, 7) is 7.09. The molecule has 0 aliphatic heterocycles. The van der Waals surface area contributed by atoms with Crippen LogP contribution in [0.1, 0.15) is 12.6 Å². The van der Waals surface area contributed by atoms with Crippen LogP contribution in [0.25, 0.3) is 0 Å². The second-order valence-corrected chi connectivity index (χ2v) is 2.92. The van der Waals surface area contributed by atoms with Crippen LogP contribution in [0.2, 0.25) is 0 Å². The minimum atomic E-state index is -0.175. The molecule has 1 aromatic heterocycles. The van der Waals surface area contributed by atoms with Crippen LogP contribution >= 0.6 is 0 Å². The summed E-state index contributed by atoms with van der Waals surface area (Å²) in [7, 11) is 0. The van der Waals surface area contributed by atoms with E-state index >= 15 is 0 Å². The van der Waals surface area contributed by atoms with Gasteiger partial charge in [0, 0.05) is 11.3 Å². The van der Waals surface area contributed by atoms with Crippen LogP contribution in [-0.2, 0) is 4.79 Å². The third-order valence-corrected chi connectivity index (χ3v) is 1.56. The van der Waals surface area contributed by atoms with Gasteiger partial charge in [-0.1, -0.05) is 6.58 Å². The molecule has 3 heteroatoms. The van der Waals surface area contributed by atoms with Gasteiger partial charge < -0.3 is 5.32 Å². The van der Waals surface area contributed by atoms with Crippen molar-refractivity contribution in [2.24, 2.45) is 0 Å². The molecule has 0 bridgehead atoms. The standard InChI is InChI=1S/C10H12N2O/c1-7(2)10(13)12-9-5-4-8(3)11-6-9/h4-6H,1H2,2-3H3,(H,12,13). The molecule has 0 atom stereocenters. The summed E-state index contributed by atoms with van der Waals surface area (Å²) < 4.78 is 0. The van der Waals surface area contributed by atoms with E-state index in [9.17, 15) is 4.79 Å². The number of pyridine rings is 1. The molecular weight excluding hydrogens is 164 g/mol. The van der Waals surface area contributed by atoms with Gasteiger partial charge in [0.1, 0.15) is 0 Å². The molecule has 0 aliphatic rings. The number of carbonyl (C=O) groups is 1. The van der Waals surface area contributed by atoms with Crippen molar-refractivity contribution in [3.05, 3.63) is 36.2 Å². The van der Waals surface area contributed by atoms with Crippen molar-refractivity contribution in [2.45, 2.75) is 13.8 Å². The average Bonchev–Trinajstić information content (AvgIpc) is 2.08. The van der Waals surface area contributed by atoms with Crippen LogP contribution in [-0.4, -0.2) is 10.9 Å². The number of nitrogens with zero attached hydrogens (tertiary/aromatic N) is 1. The van der Waals surface area contributed by atoms with Gasteiger partial charge >= 0.3 is 0 Å². The van der Waals surface area contributed by atoms with Crippen LogP contribution in [0.3, 0.4) is 0 Å². The molecule has 0 aliphatic carbocycles. The molecule has 1 amide bonds. The lowest BCUT2D eigenvalue weighted by Crippen LogP contribution is -2.11. The Kier molecular flexibility index (Phi) is 2.80. The molecule has 1 heterocycles. The molecule has 0 fully saturated rings. The molecule has 0 saturated carbocycles. The predicted molar refractivity (Wildman–Crippen MR) is 52.4 cm³/mol. The highest BCUT2D eigenvalue weighted by atomic mass is 16.1.